The van der Waals surface area contributed by atoms with E-state index in [4.69, 9.17) is 10.5 Å². The molecule has 2 heterocycles. The molecule has 4 rings (SSSR count). The number of anilines is 1. The lowest BCUT2D eigenvalue weighted by molar-refractivity contribution is -0.140. The predicted octanol–water partition coefficient (Wildman–Crippen LogP) is 1.89. The van der Waals surface area contributed by atoms with Crippen molar-refractivity contribution in [2.24, 2.45) is 5.73 Å². The van der Waals surface area contributed by atoms with Crippen LogP contribution in [0, 0.1) is 5.82 Å². The van der Waals surface area contributed by atoms with Gasteiger partial charge in [-0.2, -0.15) is 0 Å². The van der Waals surface area contributed by atoms with Crippen LogP contribution in [0.1, 0.15) is 24.8 Å². The average molecular weight is 455 g/mol. The molecule has 0 saturated carbocycles. The minimum absolute atomic E-state index is 0.115. The number of ether oxygens (including phenoxy) is 1. The molecule has 0 spiro atoms. The number of hydrogen-bond acceptors (Lipinski definition) is 6. The van der Waals surface area contributed by atoms with Crippen LogP contribution in [0.25, 0.3) is 0 Å². The molecule has 2 aliphatic heterocycles. The summed E-state index contributed by atoms with van der Waals surface area (Å²) in [7, 11) is 1.58. The summed E-state index contributed by atoms with van der Waals surface area (Å²) in [5.74, 6) is -0.601. The van der Waals surface area contributed by atoms with E-state index in [1.54, 1.807) is 31.4 Å². The third-order valence-corrected chi connectivity index (χ3v) is 6.51. The number of carbonyl (C=O) groups excluding carboxylic acids is 3. The van der Waals surface area contributed by atoms with Crippen LogP contribution in [0.5, 0.6) is 5.75 Å². The van der Waals surface area contributed by atoms with Gasteiger partial charge in [-0.05, 0) is 54.8 Å². The number of piperidine rings is 1. The lowest BCUT2D eigenvalue weighted by Gasteiger charge is -2.42. The van der Waals surface area contributed by atoms with Gasteiger partial charge in [-0.3, -0.25) is 24.2 Å². The maximum absolute atomic E-state index is 13.2. The summed E-state index contributed by atoms with van der Waals surface area (Å²) in [5.41, 5.74) is 6.17. The molecule has 3 amide bonds. The van der Waals surface area contributed by atoms with E-state index in [0.717, 1.165) is 5.56 Å². The van der Waals surface area contributed by atoms with Crippen LogP contribution in [-0.2, 0) is 20.9 Å². The van der Waals surface area contributed by atoms with Crippen LogP contribution in [0.15, 0.2) is 48.5 Å². The number of halogens is 1. The Kier molecular flexibility index (Phi) is 6.33. The maximum Gasteiger partial charge on any atom is 0.247 e. The highest BCUT2D eigenvalue weighted by molar-refractivity contribution is 6.05. The third-order valence-electron chi connectivity index (χ3n) is 6.51. The number of carbonyl (C=O) groups is 3. The molecular formula is C24H27FN4O4. The second-order valence-corrected chi connectivity index (χ2v) is 8.50. The Hall–Kier alpha value is -3.46. The van der Waals surface area contributed by atoms with Crippen LogP contribution < -0.4 is 15.8 Å². The molecule has 33 heavy (non-hydrogen) atoms. The molecule has 8 nitrogen and oxygen atoms in total. The Morgan fingerprint density at radius 1 is 1.12 bits per heavy atom. The molecule has 2 aromatic rings. The highest BCUT2D eigenvalue weighted by Crippen LogP contribution is 2.31. The Bertz CT molecular complexity index is 1030. The molecule has 174 valence electrons. The van der Waals surface area contributed by atoms with E-state index in [-0.39, 0.29) is 30.6 Å². The first kappa shape index (κ1) is 22.7. The molecule has 0 bridgehead atoms. The van der Waals surface area contributed by atoms with E-state index < -0.39 is 17.5 Å². The van der Waals surface area contributed by atoms with Gasteiger partial charge in [0.25, 0.3) is 0 Å². The number of likely N-dealkylation sites (tertiary alicyclic amines) is 2. The first-order valence-corrected chi connectivity index (χ1v) is 10.9. The van der Waals surface area contributed by atoms with Gasteiger partial charge in [0.1, 0.15) is 17.1 Å². The lowest BCUT2D eigenvalue weighted by atomic mass is 9.85. The van der Waals surface area contributed by atoms with Crippen molar-refractivity contribution >= 4 is 23.4 Å². The molecule has 9 heteroatoms. The van der Waals surface area contributed by atoms with Crippen molar-refractivity contribution < 1.29 is 23.5 Å². The Balaban J connectivity index is 1.41. The zero-order valence-corrected chi connectivity index (χ0v) is 18.4. The van der Waals surface area contributed by atoms with Crippen LogP contribution in [0.2, 0.25) is 0 Å². The van der Waals surface area contributed by atoms with Crippen molar-refractivity contribution in [3.63, 3.8) is 0 Å². The van der Waals surface area contributed by atoms with Crippen molar-refractivity contribution in [2.75, 3.05) is 25.5 Å². The first-order chi connectivity index (χ1) is 15.8. The van der Waals surface area contributed by atoms with E-state index in [9.17, 15) is 18.8 Å². The van der Waals surface area contributed by atoms with Crippen LogP contribution in [-0.4, -0.2) is 59.3 Å². The highest BCUT2D eigenvalue weighted by Gasteiger charge is 2.46. The summed E-state index contributed by atoms with van der Waals surface area (Å²) in [4.78, 5) is 41.2. The second-order valence-electron chi connectivity index (χ2n) is 8.50. The van der Waals surface area contributed by atoms with Gasteiger partial charge in [0.05, 0.1) is 26.1 Å². The highest BCUT2D eigenvalue weighted by atomic mass is 19.1. The zero-order valence-electron chi connectivity index (χ0n) is 18.4. The number of amides is 3. The Morgan fingerprint density at radius 3 is 2.33 bits per heavy atom. The summed E-state index contributed by atoms with van der Waals surface area (Å²) in [6.45, 7) is 1.07. The predicted molar refractivity (Wildman–Crippen MR) is 120 cm³/mol. The second kappa shape index (κ2) is 9.19. The first-order valence-electron chi connectivity index (χ1n) is 10.9. The van der Waals surface area contributed by atoms with Crippen molar-refractivity contribution in [1.29, 1.82) is 0 Å². The van der Waals surface area contributed by atoms with Gasteiger partial charge in [0, 0.05) is 18.8 Å². The quantitative estimate of drug-likeness (QED) is 0.619. The van der Waals surface area contributed by atoms with Gasteiger partial charge in [-0.15, -0.1) is 0 Å². The van der Waals surface area contributed by atoms with E-state index in [0.29, 0.717) is 37.4 Å². The van der Waals surface area contributed by atoms with Crippen molar-refractivity contribution in [3.8, 4) is 5.75 Å². The number of rotatable bonds is 7. The summed E-state index contributed by atoms with van der Waals surface area (Å²) < 4.78 is 18.4. The summed E-state index contributed by atoms with van der Waals surface area (Å²) in [5, 5.41) is 3.16. The Labute approximate surface area is 191 Å². The maximum atomic E-state index is 13.2. The van der Waals surface area contributed by atoms with Crippen LogP contribution in [0.4, 0.5) is 10.1 Å². The number of nitrogens with two attached hydrogens (primary N) is 1. The van der Waals surface area contributed by atoms with Gasteiger partial charge in [0.15, 0.2) is 0 Å². The largest absolute Gasteiger partial charge is 0.497 e. The van der Waals surface area contributed by atoms with E-state index >= 15 is 0 Å². The van der Waals surface area contributed by atoms with Gasteiger partial charge in [-0.25, -0.2) is 4.39 Å². The summed E-state index contributed by atoms with van der Waals surface area (Å²) in [6.07, 6.45) is 0.857. The number of primary amides is 1. The van der Waals surface area contributed by atoms with Gasteiger partial charge in [0.2, 0.25) is 17.7 Å². The number of nitrogens with zero attached hydrogens (tertiary/aromatic N) is 2. The number of benzene rings is 2. The molecule has 0 radical (unpaired) electrons. The van der Waals surface area contributed by atoms with E-state index in [1.165, 1.54) is 17.0 Å². The minimum atomic E-state index is -0.997. The fraction of sp³-hybridized carbons (Fsp3) is 0.375. The van der Waals surface area contributed by atoms with Gasteiger partial charge >= 0.3 is 0 Å². The van der Waals surface area contributed by atoms with Crippen LogP contribution in [0.3, 0.4) is 0 Å². The van der Waals surface area contributed by atoms with Crippen LogP contribution >= 0.6 is 0 Å². The topological polar surface area (TPSA) is 105 Å². The molecule has 2 aromatic carbocycles. The number of methoxy groups -OCH3 is 1. The van der Waals surface area contributed by atoms with Crippen molar-refractivity contribution in [2.45, 2.75) is 37.4 Å². The average Bonchev–Trinajstić information content (AvgIpc) is 3.09. The van der Waals surface area contributed by atoms with Gasteiger partial charge < -0.3 is 15.8 Å². The zero-order chi connectivity index (χ0) is 23.6. The molecule has 3 N–H and O–H groups in total. The molecular weight excluding hydrogens is 427 g/mol. The Morgan fingerprint density at radius 2 is 1.76 bits per heavy atom. The fourth-order valence-corrected chi connectivity index (χ4v) is 4.49. The fourth-order valence-electron chi connectivity index (χ4n) is 4.49. The molecule has 1 atom stereocenters. The summed E-state index contributed by atoms with van der Waals surface area (Å²) >= 11 is 0. The monoisotopic (exact) mass is 454 g/mol. The molecule has 0 aromatic heterocycles. The van der Waals surface area contributed by atoms with E-state index in [1.807, 2.05) is 17.0 Å². The SMILES string of the molecule is COc1ccc(CN2C(=O)C[C@H](N3CCC(Nc4ccc(F)cc4)(C(N)=O)CC3)C2=O)cc1. The lowest BCUT2D eigenvalue weighted by Crippen LogP contribution is -2.59. The molecule has 2 aliphatic rings. The number of nitrogens with one attached hydrogen (secondary N) is 1. The van der Waals surface area contributed by atoms with Gasteiger partial charge in [-0.1, -0.05) is 12.1 Å². The molecule has 0 unspecified atom stereocenters. The normalized spacial score (nSPS) is 20.7. The summed E-state index contributed by atoms with van der Waals surface area (Å²) in [6, 6.07) is 12.4. The van der Waals surface area contributed by atoms with Crippen molar-refractivity contribution in [3.05, 3.63) is 59.9 Å². The third kappa shape index (κ3) is 4.68. The molecule has 2 fully saturated rings. The van der Waals surface area contributed by atoms with Crippen molar-refractivity contribution in [1.82, 2.24) is 9.80 Å². The minimum Gasteiger partial charge on any atom is -0.497 e. The molecule has 2 saturated heterocycles. The number of hydrogen-bond donors (Lipinski definition) is 2. The standard InChI is InChI=1S/C24H27FN4O4/c1-33-19-8-2-16(3-9-19)15-29-21(30)14-20(22(29)31)28-12-10-24(11-13-28,23(26)32)27-18-6-4-17(25)5-7-18/h2-9,20,27H,10-15H2,1H3,(H2,26,32)/t20-/m0/s1. The smallest absolute Gasteiger partial charge is 0.247 e. The number of imide groups is 1. The molecule has 0 aliphatic carbocycles. The van der Waals surface area contributed by atoms with E-state index in [2.05, 4.69) is 5.32 Å².